The molecule has 0 fully saturated rings. The summed E-state index contributed by atoms with van der Waals surface area (Å²) >= 11 is 0. The zero-order valence-corrected chi connectivity index (χ0v) is 11.8. The van der Waals surface area contributed by atoms with Crippen molar-refractivity contribution in [1.29, 1.82) is 0 Å². The highest BCUT2D eigenvalue weighted by Crippen LogP contribution is 2.21. The predicted molar refractivity (Wildman–Crippen MR) is 69.0 cm³/mol. The van der Waals surface area contributed by atoms with Crippen molar-refractivity contribution in [2.45, 2.75) is 15.7 Å². The molecule has 1 heterocycles. The van der Waals surface area contributed by atoms with E-state index in [2.05, 4.69) is 14.7 Å². The molecule has 0 aliphatic carbocycles. The van der Waals surface area contributed by atoms with Crippen LogP contribution < -0.4 is 4.72 Å². The van der Waals surface area contributed by atoms with Gasteiger partial charge in [0.15, 0.2) is 5.03 Å². The fraction of sp³-hybridized carbons (Fsp3) is 0.100. The predicted octanol–water partition coefficient (Wildman–Crippen LogP) is 1.21. The maximum Gasteiger partial charge on any atom is 0.341 e. The van der Waals surface area contributed by atoms with Crippen molar-refractivity contribution >= 4 is 25.5 Å². The summed E-state index contributed by atoms with van der Waals surface area (Å²) in [5.41, 5.74) is 0.0258. The Morgan fingerprint density at radius 2 is 1.71 bits per heavy atom. The highest BCUT2D eigenvalue weighted by molar-refractivity contribution is 7.92. The van der Waals surface area contributed by atoms with Gasteiger partial charge in [0.2, 0.25) is 9.84 Å². The number of hydrogen-bond acceptors (Lipinski definition) is 5. The summed E-state index contributed by atoms with van der Waals surface area (Å²) < 4.78 is 72.9. The molecule has 2 N–H and O–H groups in total. The normalized spacial score (nSPS) is 12.5. The maximum absolute atomic E-state index is 12.3. The molecule has 0 saturated heterocycles. The third kappa shape index (κ3) is 3.19. The van der Waals surface area contributed by atoms with E-state index in [1.807, 2.05) is 0 Å². The smallest absolute Gasteiger partial charge is 0.334 e. The summed E-state index contributed by atoms with van der Waals surface area (Å²) in [7, 11) is -8.61. The molecule has 0 bridgehead atoms. The molecule has 0 amide bonds. The Balaban J connectivity index is 2.25. The van der Waals surface area contributed by atoms with Crippen molar-refractivity contribution in [3.05, 3.63) is 36.8 Å². The lowest BCUT2D eigenvalue weighted by atomic mass is 10.3. The van der Waals surface area contributed by atoms with Gasteiger partial charge in [-0.2, -0.15) is 17.2 Å². The van der Waals surface area contributed by atoms with E-state index in [0.29, 0.717) is 0 Å². The Labute approximate surface area is 119 Å². The number of nitrogens with one attached hydrogen (secondary N) is 2. The fourth-order valence-electron chi connectivity index (χ4n) is 1.42. The molecule has 2 aromatic rings. The van der Waals surface area contributed by atoms with Gasteiger partial charge in [-0.05, 0) is 24.3 Å². The first-order valence-corrected chi connectivity index (χ1v) is 8.40. The number of anilines is 1. The first-order valence-electron chi connectivity index (χ1n) is 5.37. The number of rotatable bonds is 5. The molecule has 2 rings (SSSR count). The summed E-state index contributed by atoms with van der Waals surface area (Å²) in [6, 6.07) is 3.94. The zero-order valence-electron chi connectivity index (χ0n) is 10.2. The largest absolute Gasteiger partial charge is 0.341 e. The van der Waals surface area contributed by atoms with Crippen LogP contribution in [0.5, 0.6) is 0 Å². The van der Waals surface area contributed by atoms with E-state index in [4.69, 9.17) is 0 Å². The van der Waals surface area contributed by atoms with Gasteiger partial charge in [-0.1, -0.05) is 0 Å². The number of H-pyrrole nitrogens is 1. The van der Waals surface area contributed by atoms with Crippen LogP contribution in [0.2, 0.25) is 0 Å². The summed E-state index contributed by atoms with van der Waals surface area (Å²) in [6.45, 7) is 0. The first-order chi connectivity index (χ1) is 9.73. The standard InChI is InChI=1S/C10H9F2N3O4S2/c11-10(12)20(16,17)8-3-1-7(2-4-8)15-21(18,19)9-5-13-6-14-9/h1-6,10,15H,(H,13,14). The number of halogens is 2. The van der Waals surface area contributed by atoms with Crippen LogP contribution in [-0.2, 0) is 19.9 Å². The maximum atomic E-state index is 12.3. The van der Waals surface area contributed by atoms with Crippen molar-refractivity contribution in [2.75, 3.05) is 4.72 Å². The number of sulfonamides is 1. The van der Waals surface area contributed by atoms with Gasteiger partial charge in [0.1, 0.15) is 0 Å². The van der Waals surface area contributed by atoms with Crippen LogP contribution in [0.1, 0.15) is 0 Å². The van der Waals surface area contributed by atoms with E-state index in [9.17, 15) is 25.6 Å². The molecule has 1 aromatic heterocycles. The van der Waals surface area contributed by atoms with Crippen LogP contribution in [0.3, 0.4) is 0 Å². The highest BCUT2D eigenvalue weighted by atomic mass is 32.2. The van der Waals surface area contributed by atoms with Gasteiger partial charge in [0.25, 0.3) is 10.0 Å². The number of aromatic amines is 1. The minimum absolute atomic E-state index is 0.0258. The molecule has 0 spiro atoms. The van der Waals surface area contributed by atoms with E-state index < -0.39 is 30.5 Å². The second-order valence-electron chi connectivity index (χ2n) is 3.85. The van der Waals surface area contributed by atoms with Crippen LogP contribution in [-0.4, -0.2) is 32.6 Å². The van der Waals surface area contributed by atoms with Crippen LogP contribution in [0.4, 0.5) is 14.5 Å². The Hall–Kier alpha value is -2.01. The second-order valence-corrected chi connectivity index (χ2v) is 7.42. The van der Waals surface area contributed by atoms with Gasteiger partial charge in [0, 0.05) is 5.69 Å². The molecule has 21 heavy (non-hydrogen) atoms. The summed E-state index contributed by atoms with van der Waals surface area (Å²) in [4.78, 5) is 5.35. The Bertz CT molecular complexity index is 816. The lowest BCUT2D eigenvalue weighted by Crippen LogP contribution is -2.14. The number of hydrogen-bond donors (Lipinski definition) is 2. The molecule has 0 radical (unpaired) electrons. The third-order valence-corrected chi connectivity index (χ3v) is 5.14. The molecule has 114 valence electrons. The van der Waals surface area contributed by atoms with Crippen LogP contribution in [0, 0.1) is 0 Å². The molecule has 7 nitrogen and oxygen atoms in total. The van der Waals surface area contributed by atoms with Gasteiger partial charge in [-0.3, -0.25) is 4.72 Å². The van der Waals surface area contributed by atoms with Gasteiger partial charge in [-0.15, -0.1) is 0 Å². The summed E-state index contributed by atoms with van der Waals surface area (Å²) in [5.74, 6) is -3.54. The molecular formula is C10H9F2N3O4S2. The zero-order chi connectivity index (χ0) is 15.7. The molecule has 0 aliphatic heterocycles. The van der Waals surface area contributed by atoms with E-state index in [1.54, 1.807) is 0 Å². The molecule has 0 unspecified atom stereocenters. The van der Waals surface area contributed by atoms with Crippen LogP contribution in [0.15, 0.2) is 46.7 Å². The monoisotopic (exact) mass is 337 g/mol. The second kappa shape index (κ2) is 5.41. The average Bonchev–Trinajstić information content (AvgIpc) is 2.93. The Morgan fingerprint density at radius 3 is 2.19 bits per heavy atom. The topological polar surface area (TPSA) is 109 Å². The van der Waals surface area contributed by atoms with Crippen molar-refractivity contribution < 1.29 is 25.6 Å². The van der Waals surface area contributed by atoms with Gasteiger partial charge in [0.05, 0.1) is 17.4 Å². The van der Waals surface area contributed by atoms with E-state index in [-0.39, 0.29) is 10.7 Å². The molecule has 0 atom stereocenters. The van der Waals surface area contributed by atoms with E-state index in [1.165, 1.54) is 6.33 Å². The number of nitrogens with zero attached hydrogens (tertiary/aromatic N) is 1. The number of benzene rings is 1. The first kappa shape index (κ1) is 15.4. The van der Waals surface area contributed by atoms with Gasteiger partial charge in [-0.25, -0.2) is 13.4 Å². The van der Waals surface area contributed by atoms with E-state index >= 15 is 0 Å². The van der Waals surface area contributed by atoms with Crippen molar-refractivity contribution in [3.8, 4) is 0 Å². The Morgan fingerprint density at radius 1 is 1.10 bits per heavy atom. The number of aromatic nitrogens is 2. The minimum Gasteiger partial charge on any atom is -0.334 e. The van der Waals surface area contributed by atoms with E-state index in [0.717, 1.165) is 30.5 Å². The highest BCUT2D eigenvalue weighted by Gasteiger charge is 2.26. The lowest BCUT2D eigenvalue weighted by molar-refractivity contribution is 0.234. The van der Waals surface area contributed by atoms with Crippen molar-refractivity contribution in [3.63, 3.8) is 0 Å². The minimum atomic E-state index is -4.71. The van der Waals surface area contributed by atoms with Gasteiger partial charge >= 0.3 is 5.76 Å². The molecule has 11 heteroatoms. The van der Waals surface area contributed by atoms with Crippen molar-refractivity contribution in [2.24, 2.45) is 0 Å². The molecule has 0 saturated carbocycles. The number of sulfone groups is 1. The van der Waals surface area contributed by atoms with Gasteiger partial charge < -0.3 is 4.98 Å². The molecule has 1 aromatic carbocycles. The average molecular weight is 337 g/mol. The van der Waals surface area contributed by atoms with Crippen molar-refractivity contribution in [1.82, 2.24) is 9.97 Å². The Kier molecular flexibility index (Phi) is 3.96. The SMILES string of the molecule is O=S(=O)(Nc1ccc(S(=O)(=O)C(F)F)cc1)c1cnc[nH]1. The number of imidazole rings is 1. The summed E-state index contributed by atoms with van der Waals surface area (Å²) in [5, 5.41) is -0.188. The molecular weight excluding hydrogens is 328 g/mol. The lowest BCUT2D eigenvalue weighted by Gasteiger charge is -2.07. The fourth-order valence-corrected chi connectivity index (χ4v) is 3.10. The number of alkyl halides is 2. The third-order valence-electron chi connectivity index (χ3n) is 2.43. The van der Waals surface area contributed by atoms with Crippen LogP contribution in [0.25, 0.3) is 0 Å². The summed E-state index contributed by atoms with van der Waals surface area (Å²) in [6.07, 6.45) is 2.25. The molecule has 0 aliphatic rings. The van der Waals surface area contributed by atoms with Crippen LogP contribution >= 0.6 is 0 Å². The quantitative estimate of drug-likeness (QED) is 0.852.